The first-order valence-corrected chi connectivity index (χ1v) is 8.76. The number of amides is 1. The third-order valence-corrected chi connectivity index (χ3v) is 4.40. The summed E-state index contributed by atoms with van der Waals surface area (Å²) < 4.78 is 18.5. The first-order chi connectivity index (χ1) is 12.2. The highest BCUT2D eigenvalue weighted by atomic mass is 32.2. The van der Waals surface area contributed by atoms with Crippen LogP contribution in [0.4, 0.5) is 10.4 Å². The predicted octanol–water partition coefficient (Wildman–Crippen LogP) is 4.39. The highest BCUT2D eigenvalue weighted by Crippen LogP contribution is 2.21. The van der Waals surface area contributed by atoms with Crippen LogP contribution in [-0.4, -0.2) is 21.9 Å². The molecule has 1 aromatic heterocycles. The van der Waals surface area contributed by atoms with Crippen LogP contribution in [0.15, 0.2) is 63.9 Å². The minimum atomic E-state index is -0.391. The van der Waals surface area contributed by atoms with Crippen LogP contribution >= 0.6 is 11.8 Å². The molecule has 3 aromatic rings. The van der Waals surface area contributed by atoms with Crippen LogP contribution in [-0.2, 0) is 4.79 Å². The topological polar surface area (TPSA) is 68.0 Å². The number of carbonyl (C=O) groups excluding carboxylic acids is 1. The van der Waals surface area contributed by atoms with E-state index < -0.39 is 5.82 Å². The van der Waals surface area contributed by atoms with Crippen molar-refractivity contribution in [1.82, 2.24) is 10.2 Å². The van der Waals surface area contributed by atoms with Crippen LogP contribution in [0.25, 0.3) is 11.5 Å². The average molecular weight is 357 g/mol. The molecule has 5 nitrogen and oxygen atoms in total. The Hall–Kier alpha value is -2.67. The van der Waals surface area contributed by atoms with Crippen molar-refractivity contribution in [2.75, 3.05) is 11.1 Å². The fraction of sp³-hybridized carbons (Fsp3) is 0.167. The summed E-state index contributed by atoms with van der Waals surface area (Å²) in [5, 5.41) is 10.1. The van der Waals surface area contributed by atoms with Gasteiger partial charge in [-0.15, -0.1) is 16.9 Å². The summed E-state index contributed by atoms with van der Waals surface area (Å²) in [5.41, 5.74) is 0.465. The van der Waals surface area contributed by atoms with Crippen molar-refractivity contribution in [2.45, 2.75) is 17.7 Å². The molecule has 0 bridgehead atoms. The second-order valence-electron chi connectivity index (χ2n) is 5.24. The van der Waals surface area contributed by atoms with Crippen molar-refractivity contribution in [2.24, 2.45) is 0 Å². The zero-order valence-corrected chi connectivity index (χ0v) is 14.1. The fourth-order valence-corrected chi connectivity index (χ4v) is 3.01. The van der Waals surface area contributed by atoms with Crippen molar-refractivity contribution < 1.29 is 13.6 Å². The fourth-order valence-electron chi connectivity index (χ4n) is 2.13. The lowest BCUT2D eigenvalue weighted by Crippen LogP contribution is -2.11. The number of nitrogens with one attached hydrogen (secondary N) is 1. The Labute approximate surface area is 148 Å². The van der Waals surface area contributed by atoms with Gasteiger partial charge in [-0.1, -0.05) is 29.4 Å². The maximum absolute atomic E-state index is 13.2. The van der Waals surface area contributed by atoms with Gasteiger partial charge in [-0.2, -0.15) is 0 Å². The van der Waals surface area contributed by atoms with E-state index in [1.165, 1.54) is 17.0 Å². The third-order valence-electron chi connectivity index (χ3n) is 3.30. The zero-order chi connectivity index (χ0) is 17.5. The average Bonchev–Trinajstić information content (AvgIpc) is 3.08. The SMILES string of the molecule is O=C(CCCSc1ccccc1)Nc1nnc(-c2cccc(F)c2)o1. The van der Waals surface area contributed by atoms with Crippen LogP contribution in [0.2, 0.25) is 0 Å². The molecule has 3 rings (SSSR count). The minimum absolute atomic E-state index is 0.0139. The minimum Gasteiger partial charge on any atom is -0.403 e. The summed E-state index contributed by atoms with van der Waals surface area (Å²) >= 11 is 1.70. The van der Waals surface area contributed by atoms with Crippen molar-refractivity contribution in [1.29, 1.82) is 0 Å². The van der Waals surface area contributed by atoms with Crippen LogP contribution in [0.1, 0.15) is 12.8 Å². The van der Waals surface area contributed by atoms with E-state index in [1.54, 1.807) is 23.9 Å². The zero-order valence-electron chi connectivity index (χ0n) is 13.3. The smallest absolute Gasteiger partial charge is 0.322 e. The summed E-state index contributed by atoms with van der Waals surface area (Å²) in [6.07, 6.45) is 1.09. The molecule has 25 heavy (non-hydrogen) atoms. The van der Waals surface area contributed by atoms with Crippen LogP contribution in [0.5, 0.6) is 0 Å². The van der Waals surface area contributed by atoms with Crippen molar-refractivity contribution >= 4 is 23.7 Å². The monoisotopic (exact) mass is 357 g/mol. The molecular formula is C18H16FN3O2S. The van der Waals surface area contributed by atoms with Gasteiger partial charge in [0.25, 0.3) is 0 Å². The highest BCUT2D eigenvalue weighted by molar-refractivity contribution is 7.99. The second-order valence-corrected chi connectivity index (χ2v) is 6.40. The second kappa shape index (κ2) is 8.43. The first-order valence-electron chi connectivity index (χ1n) is 7.78. The molecule has 0 unspecified atom stereocenters. The lowest BCUT2D eigenvalue weighted by atomic mass is 10.2. The predicted molar refractivity (Wildman–Crippen MR) is 94.7 cm³/mol. The Morgan fingerprint density at radius 2 is 1.96 bits per heavy atom. The Morgan fingerprint density at radius 3 is 2.76 bits per heavy atom. The lowest BCUT2D eigenvalue weighted by molar-refractivity contribution is -0.116. The molecule has 0 aliphatic carbocycles. The van der Waals surface area contributed by atoms with E-state index in [4.69, 9.17) is 4.42 Å². The Kier molecular flexibility index (Phi) is 5.79. The first kappa shape index (κ1) is 17.2. The summed E-state index contributed by atoms with van der Waals surface area (Å²) in [6.45, 7) is 0. The Bertz CT molecular complexity index is 839. The number of anilines is 1. The molecule has 7 heteroatoms. The molecule has 0 atom stereocenters. The van der Waals surface area contributed by atoms with Crippen molar-refractivity contribution in [3.63, 3.8) is 0 Å². The molecular weight excluding hydrogens is 341 g/mol. The Morgan fingerprint density at radius 1 is 1.12 bits per heavy atom. The van der Waals surface area contributed by atoms with Gasteiger partial charge in [0, 0.05) is 16.9 Å². The van der Waals surface area contributed by atoms with E-state index in [9.17, 15) is 9.18 Å². The normalized spacial score (nSPS) is 10.6. The number of hydrogen-bond acceptors (Lipinski definition) is 5. The molecule has 2 aromatic carbocycles. The van der Waals surface area contributed by atoms with E-state index >= 15 is 0 Å². The van der Waals surface area contributed by atoms with Crippen molar-refractivity contribution in [3.05, 3.63) is 60.4 Å². The molecule has 0 saturated heterocycles. The maximum Gasteiger partial charge on any atom is 0.322 e. The maximum atomic E-state index is 13.2. The number of halogens is 1. The molecule has 0 fully saturated rings. The molecule has 1 N–H and O–H groups in total. The van der Waals surface area contributed by atoms with Gasteiger partial charge >= 0.3 is 6.01 Å². The van der Waals surface area contributed by atoms with Gasteiger partial charge in [0.05, 0.1) is 0 Å². The number of nitrogens with zero attached hydrogens (tertiary/aromatic N) is 2. The third kappa shape index (κ3) is 5.15. The number of carbonyl (C=O) groups is 1. The van der Waals surface area contributed by atoms with E-state index in [1.807, 2.05) is 30.3 Å². The van der Waals surface area contributed by atoms with Crippen molar-refractivity contribution in [3.8, 4) is 11.5 Å². The Balaban J connectivity index is 1.45. The summed E-state index contributed by atoms with van der Waals surface area (Å²) in [7, 11) is 0. The highest BCUT2D eigenvalue weighted by Gasteiger charge is 2.11. The molecule has 0 aliphatic rings. The molecule has 0 aliphatic heterocycles. The lowest BCUT2D eigenvalue weighted by Gasteiger charge is -2.02. The molecule has 0 spiro atoms. The number of benzene rings is 2. The number of thioether (sulfide) groups is 1. The van der Waals surface area contributed by atoms with E-state index in [2.05, 4.69) is 15.5 Å². The molecule has 1 heterocycles. The summed E-state index contributed by atoms with van der Waals surface area (Å²) in [4.78, 5) is 13.1. The van der Waals surface area contributed by atoms with Gasteiger partial charge in [0.15, 0.2) is 0 Å². The quantitative estimate of drug-likeness (QED) is 0.502. The summed E-state index contributed by atoms with van der Waals surface area (Å²) in [6, 6.07) is 15.9. The van der Waals surface area contributed by atoms with Gasteiger partial charge in [0.1, 0.15) is 5.82 Å². The van der Waals surface area contributed by atoms with Gasteiger partial charge in [-0.05, 0) is 42.5 Å². The van der Waals surface area contributed by atoms with E-state index in [0.717, 1.165) is 12.2 Å². The number of rotatable bonds is 7. The number of aromatic nitrogens is 2. The van der Waals surface area contributed by atoms with Crippen LogP contribution in [0, 0.1) is 5.82 Å². The standard InChI is InChI=1S/C18H16FN3O2S/c19-14-7-4-6-13(12-14)17-21-22-18(24-17)20-16(23)10-5-11-25-15-8-2-1-3-9-15/h1-4,6-9,12H,5,10-11H2,(H,20,22,23). The van der Waals surface area contributed by atoms with E-state index in [0.29, 0.717) is 12.0 Å². The van der Waals surface area contributed by atoms with Gasteiger partial charge < -0.3 is 4.42 Å². The van der Waals surface area contributed by atoms with E-state index in [-0.39, 0.29) is 17.8 Å². The summed E-state index contributed by atoms with van der Waals surface area (Å²) in [5.74, 6) is 0.422. The van der Waals surface area contributed by atoms with Gasteiger partial charge in [0.2, 0.25) is 11.8 Å². The molecule has 0 saturated carbocycles. The number of hydrogen-bond donors (Lipinski definition) is 1. The van der Waals surface area contributed by atoms with Crippen LogP contribution in [0.3, 0.4) is 0 Å². The van der Waals surface area contributed by atoms with Gasteiger partial charge in [-0.25, -0.2) is 4.39 Å². The molecule has 1 amide bonds. The van der Waals surface area contributed by atoms with Gasteiger partial charge in [-0.3, -0.25) is 10.1 Å². The van der Waals surface area contributed by atoms with Crippen LogP contribution < -0.4 is 5.32 Å². The molecule has 0 radical (unpaired) electrons. The largest absolute Gasteiger partial charge is 0.403 e. The molecule has 128 valence electrons.